The van der Waals surface area contributed by atoms with Crippen molar-refractivity contribution in [1.29, 1.82) is 0 Å². The number of Topliss-reactive ketones (excluding diaryl/α,β-unsaturated/α-hetero) is 1. The molecule has 17 heteroatoms. The van der Waals surface area contributed by atoms with Crippen LogP contribution in [0.3, 0.4) is 0 Å². The smallest absolute Gasteiger partial charge is 0.295 e. The number of ketones is 1. The number of carbonyl (C=O) groups is 1. The van der Waals surface area contributed by atoms with Crippen LogP contribution in [0.5, 0.6) is 0 Å². The Morgan fingerprint density at radius 2 is 0.951 bits per heavy atom. The minimum absolute atomic E-state index is 0.0511. The number of hydrogen-bond acceptors (Lipinski definition) is 4. The molecule has 3 rings (SSSR count). The van der Waals surface area contributed by atoms with Gasteiger partial charge in [-0.25, -0.2) is 12.4 Å². The molecule has 3 aromatic carbocycles. The van der Waals surface area contributed by atoms with Crippen LogP contribution in [0.2, 0.25) is 0 Å². The van der Waals surface area contributed by atoms with Crippen LogP contribution in [0.15, 0.2) is 87.5 Å². The third kappa shape index (κ3) is 5.41. The van der Waals surface area contributed by atoms with Crippen LogP contribution < -0.4 is 0 Å². The molecule has 0 bridgehead atoms. The molecule has 0 aliphatic heterocycles. The van der Waals surface area contributed by atoms with Crippen LogP contribution in [0.25, 0.3) is 0 Å². The Labute approximate surface area is 226 Å². The summed E-state index contributed by atoms with van der Waals surface area (Å²) >= 11 is 0. The Kier molecular flexibility index (Phi) is 8.34. The third-order valence-electron chi connectivity index (χ3n) is 5.51. The first-order chi connectivity index (χ1) is 18.6. The first-order valence-corrected chi connectivity index (χ1v) is 13.7. The lowest BCUT2D eigenvalue weighted by molar-refractivity contribution is -0.382. The summed E-state index contributed by atoms with van der Waals surface area (Å²) in [4.78, 5) is 10.0. The van der Waals surface area contributed by atoms with E-state index in [0.29, 0.717) is 24.3 Å². The standard InChI is InChI=1S/C24H15F11O4S2/c1-14(36)15-2-8-18(9-3-15)40(19-10-4-16(25)5-11-19,20-12-6-17(26)7-13-20)39-41(37,38)24(34,35)22(29,30)21(27,28)23(31,32)33/h2-13H,1H3. The summed E-state index contributed by atoms with van der Waals surface area (Å²) < 4.78 is 181. The molecule has 0 saturated carbocycles. The molecular weight excluding hydrogens is 625 g/mol. The molecule has 0 radical (unpaired) electrons. The maximum absolute atomic E-state index is 14.8. The van der Waals surface area contributed by atoms with Crippen LogP contribution in [0.1, 0.15) is 17.3 Å². The van der Waals surface area contributed by atoms with Gasteiger partial charge in [-0.05, 0) is 77.9 Å². The number of rotatable bonds is 9. The van der Waals surface area contributed by atoms with Gasteiger partial charge in [0.05, 0.1) is 0 Å². The molecule has 0 aliphatic carbocycles. The van der Waals surface area contributed by atoms with Crippen molar-refractivity contribution in [2.75, 3.05) is 0 Å². The maximum Gasteiger partial charge on any atom is 0.460 e. The zero-order valence-electron chi connectivity index (χ0n) is 20.0. The van der Waals surface area contributed by atoms with E-state index in [1.54, 1.807) is 0 Å². The van der Waals surface area contributed by atoms with Gasteiger partial charge in [-0.3, -0.25) is 4.79 Å². The Morgan fingerprint density at radius 1 is 0.610 bits per heavy atom. The molecule has 3 aromatic rings. The van der Waals surface area contributed by atoms with Crippen LogP contribution in [-0.2, 0) is 13.7 Å². The molecule has 0 aliphatic rings. The second kappa shape index (κ2) is 10.6. The summed E-state index contributed by atoms with van der Waals surface area (Å²) in [6.45, 7) is 1.10. The summed E-state index contributed by atoms with van der Waals surface area (Å²) in [5, 5.41) is -7.23. The Balaban J connectivity index is 2.41. The second-order valence-electron chi connectivity index (χ2n) is 8.23. The minimum atomic E-state index is -7.60. The average molecular weight is 640 g/mol. The van der Waals surface area contributed by atoms with Crippen LogP contribution in [0, 0.1) is 11.6 Å². The number of halogens is 11. The van der Waals surface area contributed by atoms with Gasteiger partial charge in [0.25, 0.3) is 0 Å². The molecule has 0 saturated heterocycles. The zero-order chi connectivity index (χ0) is 31.2. The van der Waals surface area contributed by atoms with E-state index < -0.39 is 75.8 Å². The summed E-state index contributed by atoms with van der Waals surface area (Å²) in [6.07, 6.45) is -7.32. The van der Waals surface area contributed by atoms with E-state index in [2.05, 4.69) is 3.63 Å². The number of carbonyl (C=O) groups excluding carboxylic acids is 1. The van der Waals surface area contributed by atoms with E-state index in [1.165, 1.54) is 0 Å². The molecule has 0 amide bonds. The highest BCUT2D eigenvalue weighted by molar-refractivity contribution is 8.33. The maximum atomic E-state index is 14.8. The van der Waals surface area contributed by atoms with Crippen molar-refractivity contribution in [2.45, 2.75) is 44.9 Å². The van der Waals surface area contributed by atoms with Gasteiger partial charge >= 0.3 is 33.4 Å². The quantitative estimate of drug-likeness (QED) is 0.175. The minimum Gasteiger partial charge on any atom is -0.295 e. The molecule has 0 fully saturated rings. The van der Waals surface area contributed by atoms with Gasteiger partial charge in [0.2, 0.25) is 0 Å². The van der Waals surface area contributed by atoms with Gasteiger partial charge in [0, 0.05) is 20.2 Å². The van der Waals surface area contributed by atoms with Gasteiger partial charge in [0.1, 0.15) is 11.6 Å². The molecule has 0 atom stereocenters. The zero-order valence-corrected chi connectivity index (χ0v) is 21.7. The SMILES string of the molecule is CC(=O)c1ccc(S(OS(=O)(=O)C(F)(F)C(F)(F)C(F)(F)C(F)(F)F)(c2ccc(F)cc2)c2ccc(F)cc2)cc1. The Morgan fingerprint density at radius 3 is 1.27 bits per heavy atom. The summed E-state index contributed by atoms with van der Waals surface area (Å²) in [5.74, 6) is -17.7. The van der Waals surface area contributed by atoms with E-state index in [9.17, 15) is 61.5 Å². The molecule has 41 heavy (non-hydrogen) atoms. The van der Waals surface area contributed by atoms with E-state index in [-0.39, 0.29) is 5.56 Å². The molecular formula is C24H15F11O4S2. The lowest BCUT2D eigenvalue weighted by atomic mass is 10.1. The first kappa shape index (κ1) is 32.3. The van der Waals surface area contributed by atoms with Gasteiger partial charge in [-0.15, -0.1) is 0 Å². The normalized spacial score (nSPS) is 14.1. The molecule has 4 nitrogen and oxygen atoms in total. The monoisotopic (exact) mass is 640 g/mol. The largest absolute Gasteiger partial charge is 0.460 e. The fraction of sp³-hybridized carbons (Fsp3) is 0.208. The highest BCUT2D eigenvalue weighted by Crippen LogP contribution is 2.71. The van der Waals surface area contributed by atoms with Gasteiger partial charge in [-0.1, -0.05) is 12.1 Å². The third-order valence-corrected chi connectivity index (χ3v) is 10.7. The number of hydrogen-bond donors (Lipinski definition) is 0. The van der Waals surface area contributed by atoms with E-state index >= 15 is 0 Å². The van der Waals surface area contributed by atoms with E-state index in [0.717, 1.165) is 55.5 Å². The average Bonchev–Trinajstić information content (AvgIpc) is 2.87. The van der Waals surface area contributed by atoms with Crippen molar-refractivity contribution in [1.82, 2.24) is 0 Å². The van der Waals surface area contributed by atoms with Gasteiger partial charge in [-0.2, -0.15) is 47.9 Å². The fourth-order valence-corrected chi connectivity index (χ4v) is 8.53. The number of alkyl halides is 9. The van der Waals surface area contributed by atoms with Crippen molar-refractivity contribution in [3.8, 4) is 0 Å². The van der Waals surface area contributed by atoms with Crippen molar-refractivity contribution in [3.05, 3.63) is 90.0 Å². The molecule has 0 aromatic heterocycles. The molecule has 0 unspecified atom stereocenters. The van der Waals surface area contributed by atoms with Crippen molar-refractivity contribution < 1.29 is 65.1 Å². The highest BCUT2D eigenvalue weighted by Gasteiger charge is 2.86. The van der Waals surface area contributed by atoms with E-state index in [4.69, 9.17) is 0 Å². The summed E-state index contributed by atoms with van der Waals surface area (Å²) in [5.41, 5.74) is -0.0511. The Hall–Kier alpha value is -3.18. The highest BCUT2D eigenvalue weighted by atomic mass is 32.3. The molecule has 0 N–H and O–H groups in total. The van der Waals surface area contributed by atoms with Crippen LogP contribution in [0.4, 0.5) is 48.3 Å². The van der Waals surface area contributed by atoms with Crippen molar-refractivity contribution in [2.24, 2.45) is 0 Å². The first-order valence-electron chi connectivity index (χ1n) is 10.7. The number of benzene rings is 3. The fourth-order valence-electron chi connectivity index (χ4n) is 3.35. The van der Waals surface area contributed by atoms with Crippen molar-refractivity contribution in [3.63, 3.8) is 0 Å². The van der Waals surface area contributed by atoms with Gasteiger partial charge < -0.3 is 0 Å². The van der Waals surface area contributed by atoms with E-state index in [1.807, 2.05) is 0 Å². The predicted molar refractivity (Wildman–Crippen MR) is 123 cm³/mol. The van der Waals surface area contributed by atoms with Crippen LogP contribution in [-0.4, -0.2) is 37.5 Å². The lowest BCUT2D eigenvalue weighted by Crippen LogP contribution is -2.63. The topological polar surface area (TPSA) is 60.4 Å². The molecule has 0 spiro atoms. The second-order valence-corrected chi connectivity index (χ2v) is 12.7. The Bertz CT molecular complexity index is 1470. The van der Waals surface area contributed by atoms with Crippen molar-refractivity contribution >= 4 is 26.2 Å². The van der Waals surface area contributed by atoms with Gasteiger partial charge in [0.15, 0.2) is 5.78 Å². The molecule has 224 valence electrons. The predicted octanol–water partition coefficient (Wildman–Crippen LogP) is 8.14. The lowest BCUT2D eigenvalue weighted by Gasteiger charge is -2.41. The summed E-state index contributed by atoms with van der Waals surface area (Å²) in [6, 6.07) is 9.34. The summed E-state index contributed by atoms with van der Waals surface area (Å²) in [7, 11) is -12.0. The van der Waals surface area contributed by atoms with Crippen LogP contribution >= 0.6 is 10.3 Å². The molecule has 0 heterocycles.